The number of nitrogens with zero attached hydrogens (tertiary/aromatic N) is 2. The molecule has 0 saturated carbocycles. The first-order chi connectivity index (χ1) is 8.50. The third-order valence-electron chi connectivity index (χ3n) is 2.77. The van der Waals surface area contributed by atoms with Gasteiger partial charge in [-0.1, -0.05) is 0 Å². The van der Waals surface area contributed by atoms with Gasteiger partial charge in [0, 0.05) is 13.1 Å². The topological polar surface area (TPSA) is 84.0 Å². The van der Waals surface area contributed by atoms with E-state index in [0.29, 0.717) is 12.8 Å². The van der Waals surface area contributed by atoms with Crippen molar-refractivity contribution in [2.24, 2.45) is 0 Å². The third kappa shape index (κ3) is 3.06. The van der Waals surface area contributed by atoms with Gasteiger partial charge in [-0.15, -0.1) is 0 Å². The molecule has 6 nitrogen and oxygen atoms in total. The van der Waals surface area contributed by atoms with E-state index in [0.717, 1.165) is 6.20 Å². The van der Waals surface area contributed by atoms with Crippen molar-refractivity contribution < 1.29 is 12.8 Å². The van der Waals surface area contributed by atoms with Crippen LogP contribution in [-0.4, -0.2) is 43.0 Å². The van der Waals surface area contributed by atoms with Crippen molar-refractivity contribution in [3.63, 3.8) is 0 Å². The highest BCUT2D eigenvalue weighted by molar-refractivity contribution is 7.91. The van der Waals surface area contributed by atoms with E-state index in [2.05, 4.69) is 20.6 Å². The van der Waals surface area contributed by atoms with Crippen LogP contribution in [0.1, 0.15) is 12.8 Å². The van der Waals surface area contributed by atoms with Crippen molar-refractivity contribution in [1.82, 2.24) is 9.97 Å². The van der Waals surface area contributed by atoms with E-state index in [-0.39, 0.29) is 29.3 Å². The molecule has 2 rings (SSSR count). The number of anilines is 2. The highest BCUT2D eigenvalue weighted by Gasteiger charge is 2.25. The molecule has 1 aliphatic heterocycles. The lowest BCUT2D eigenvalue weighted by Gasteiger charge is -2.23. The first kappa shape index (κ1) is 13.0. The Labute approximate surface area is 105 Å². The Kier molecular flexibility index (Phi) is 3.65. The van der Waals surface area contributed by atoms with Gasteiger partial charge in [0.15, 0.2) is 21.5 Å². The molecule has 2 heterocycles. The molecule has 2 N–H and O–H groups in total. The van der Waals surface area contributed by atoms with Crippen molar-refractivity contribution in [2.45, 2.75) is 18.9 Å². The van der Waals surface area contributed by atoms with E-state index in [9.17, 15) is 12.8 Å². The van der Waals surface area contributed by atoms with Crippen LogP contribution in [0.4, 0.5) is 16.2 Å². The molecule has 1 fully saturated rings. The van der Waals surface area contributed by atoms with Crippen molar-refractivity contribution in [3.8, 4) is 0 Å². The Balaban J connectivity index is 2.13. The molecule has 18 heavy (non-hydrogen) atoms. The number of halogens is 1. The summed E-state index contributed by atoms with van der Waals surface area (Å²) in [5, 5.41) is 5.54. The molecule has 0 aromatic carbocycles. The fourth-order valence-electron chi connectivity index (χ4n) is 1.92. The molecule has 1 atom stereocenters. The standard InChI is InChI=1S/C10H15FN4O2S/c1-12-10-13-5-8(11)9(15-10)14-7-3-2-4-18(16,17)6-7/h5,7H,2-4,6H2,1H3,(H2,12,13,14,15). The van der Waals surface area contributed by atoms with Crippen molar-refractivity contribution in [3.05, 3.63) is 12.0 Å². The fourth-order valence-corrected chi connectivity index (χ4v) is 3.56. The number of nitrogens with one attached hydrogen (secondary N) is 2. The van der Waals surface area contributed by atoms with Crippen molar-refractivity contribution >= 4 is 21.6 Å². The van der Waals surface area contributed by atoms with Gasteiger partial charge in [-0.2, -0.15) is 4.98 Å². The lowest BCUT2D eigenvalue weighted by Crippen LogP contribution is -2.35. The Bertz CT molecular complexity index is 535. The number of hydrogen-bond donors (Lipinski definition) is 2. The summed E-state index contributed by atoms with van der Waals surface area (Å²) < 4.78 is 36.4. The molecule has 0 spiro atoms. The van der Waals surface area contributed by atoms with Crippen molar-refractivity contribution in [1.29, 1.82) is 0 Å². The van der Waals surface area contributed by atoms with Crippen LogP contribution in [0, 0.1) is 5.82 Å². The molecular weight excluding hydrogens is 259 g/mol. The Hall–Kier alpha value is -1.44. The molecule has 1 aromatic heterocycles. The Morgan fingerprint density at radius 2 is 2.28 bits per heavy atom. The highest BCUT2D eigenvalue weighted by atomic mass is 32.2. The summed E-state index contributed by atoms with van der Waals surface area (Å²) in [6.45, 7) is 0. The average Bonchev–Trinajstić information content (AvgIpc) is 2.31. The molecule has 1 unspecified atom stereocenters. The van der Waals surface area contributed by atoms with Crippen molar-refractivity contribution in [2.75, 3.05) is 29.2 Å². The maximum Gasteiger partial charge on any atom is 0.224 e. The van der Waals surface area contributed by atoms with Gasteiger partial charge >= 0.3 is 0 Å². The minimum Gasteiger partial charge on any atom is -0.364 e. The monoisotopic (exact) mass is 274 g/mol. The van der Waals surface area contributed by atoms with Gasteiger partial charge in [0.2, 0.25) is 5.95 Å². The second-order valence-corrected chi connectivity index (χ2v) is 6.47. The number of aromatic nitrogens is 2. The van der Waals surface area contributed by atoms with Gasteiger partial charge in [-0.3, -0.25) is 0 Å². The minimum atomic E-state index is -3.02. The normalized spacial score (nSPS) is 22.4. The van der Waals surface area contributed by atoms with E-state index in [1.807, 2.05) is 0 Å². The van der Waals surface area contributed by atoms with Crippen LogP contribution in [0.25, 0.3) is 0 Å². The summed E-state index contributed by atoms with van der Waals surface area (Å²) in [5.74, 6) is -0.0316. The second kappa shape index (κ2) is 5.05. The van der Waals surface area contributed by atoms with Crippen LogP contribution in [0.5, 0.6) is 0 Å². The Morgan fingerprint density at radius 1 is 1.50 bits per heavy atom. The summed E-state index contributed by atoms with van der Waals surface area (Å²) >= 11 is 0. The molecule has 0 aliphatic carbocycles. The van der Waals surface area contributed by atoms with Crippen LogP contribution >= 0.6 is 0 Å². The van der Waals surface area contributed by atoms with Crippen LogP contribution in [-0.2, 0) is 9.84 Å². The lowest BCUT2D eigenvalue weighted by atomic mass is 10.2. The zero-order valence-electron chi connectivity index (χ0n) is 9.98. The largest absolute Gasteiger partial charge is 0.364 e. The van der Waals surface area contributed by atoms with Gasteiger partial charge < -0.3 is 10.6 Å². The second-order valence-electron chi connectivity index (χ2n) is 4.24. The van der Waals surface area contributed by atoms with Gasteiger partial charge in [-0.05, 0) is 12.8 Å². The maximum absolute atomic E-state index is 13.5. The quantitative estimate of drug-likeness (QED) is 0.842. The maximum atomic E-state index is 13.5. The van der Waals surface area contributed by atoms with Crippen LogP contribution in [0.15, 0.2) is 6.20 Å². The van der Waals surface area contributed by atoms with E-state index in [1.54, 1.807) is 7.05 Å². The smallest absolute Gasteiger partial charge is 0.224 e. The predicted octanol–water partition coefficient (Wildman–Crippen LogP) is 0.646. The first-order valence-corrected chi connectivity index (χ1v) is 7.49. The fraction of sp³-hybridized carbons (Fsp3) is 0.600. The molecule has 100 valence electrons. The van der Waals surface area contributed by atoms with E-state index >= 15 is 0 Å². The number of rotatable bonds is 3. The first-order valence-electron chi connectivity index (χ1n) is 5.67. The van der Waals surface area contributed by atoms with Gasteiger partial charge in [0.25, 0.3) is 0 Å². The molecular formula is C10H15FN4O2S. The van der Waals surface area contributed by atoms with Gasteiger partial charge in [-0.25, -0.2) is 17.8 Å². The molecule has 1 saturated heterocycles. The number of sulfone groups is 1. The third-order valence-corrected chi connectivity index (χ3v) is 4.59. The van der Waals surface area contributed by atoms with E-state index in [1.165, 1.54) is 0 Å². The summed E-state index contributed by atoms with van der Waals surface area (Å²) in [6.07, 6.45) is 2.33. The highest BCUT2D eigenvalue weighted by Crippen LogP contribution is 2.18. The zero-order chi connectivity index (χ0) is 13.2. The summed E-state index contributed by atoms with van der Waals surface area (Å²) in [6, 6.07) is -0.294. The summed E-state index contributed by atoms with van der Waals surface area (Å²) in [7, 11) is -1.40. The average molecular weight is 274 g/mol. The molecule has 0 radical (unpaired) electrons. The Morgan fingerprint density at radius 3 is 2.94 bits per heavy atom. The molecule has 1 aromatic rings. The molecule has 8 heteroatoms. The molecule has 0 bridgehead atoms. The summed E-state index contributed by atoms with van der Waals surface area (Å²) in [5.41, 5.74) is 0. The lowest BCUT2D eigenvalue weighted by molar-refractivity contribution is 0.557. The zero-order valence-corrected chi connectivity index (χ0v) is 10.8. The van der Waals surface area contributed by atoms with Crippen LogP contribution < -0.4 is 10.6 Å². The minimum absolute atomic E-state index is 0.0192. The van der Waals surface area contributed by atoms with Crippen LogP contribution in [0.3, 0.4) is 0 Å². The van der Waals surface area contributed by atoms with Crippen LogP contribution in [0.2, 0.25) is 0 Å². The summed E-state index contributed by atoms with van der Waals surface area (Å²) in [4.78, 5) is 7.65. The predicted molar refractivity (Wildman–Crippen MR) is 66.8 cm³/mol. The number of hydrogen-bond acceptors (Lipinski definition) is 6. The SMILES string of the molecule is CNc1ncc(F)c(NC2CCCS(=O)(=O)C2)n1. The van der Waals surface area contributed by atoms with Gasteiger partial charge in [0.05, 0.1) is 17.7 Å². The van der Waals surface area contributed by atoms with E-state index < -0.39 is 15.7 Å². The molecule has 0 amide bonds. The van der Waals surface area contributed by atoms with E-state index in [4.69, 9.17) is 0 Å². The van der Waals surface area contributed by atoms with Gasteiger partial charge in [0.1, 0.15) is 0 Å². The molecule has 1 aliphatic rings.